The first-order valence-electron chi connectivity index (χ1n) is 4.26. The molecule has 0 saturated carbocycles. The second-order valence-corrected chi connectivity index (χ2v) is 3.46. The quantitative estimate of drug-likeness (QED) is 0.742. The van der Waals surface area contributed by atoms with Gasteiger partial charge in [0.15, 0.2) is 11.5 Å². The highest BCUT2D eigenvalue weighted by molar-refractivity contribution is 7.80. The molecular formula is C10H11NOS. The maximum atomic E-state index is 5.42. The van der Waals surface area contributed by atoms with Gasteiger partial charge in [0, 0.05) is 6.92 Å². The molecule has 0 radical (unpaired) electrons. The van der Waals surface area contributed by atoms with Crippen molar-refractivity contribution in [2.75, 3.05) is 5.75 Å². The lowest BCUT2D eigenvalue weighted by molar-refractivity contribution is 0.561. The molecule has 1 aromatic carbocycles. The smallest absolute Gasteiger partial charge is 0.192 e. The standard InChI is InChI=1S/C10H11NOS/c1-7-11-9-3-2-8(4-5-13)6-10(9)12-7/h2-3,6,13H,4-5H2,1H3. The van der Waals surface area contributed by atoms with Crippen LogP contribution in [0.4, 0.5) is 0 Å². The van der Waals surface area contributed by atoms with Gasteiger partial charge in [-0.15, -0.1) is 0 Å². The van der Waals surface area contributed by atoms with Crippen molar-refractivity contribution in [2.45, 2.75) is 13.3 Å². The van der Waals surface area contributed by atoms with Gasteiger partial charge in [0.2, 0.25) is 0 Å². The Balaban J connectivity index is 2.48. The fourth-order valence-electron chi connectivity index (χ4n) is 1.37. The van der Waals surface area contributed by atoms with Crippen molar-refractivity contribution in [3.8, 4) is 0 Å². The average Bonchev–Trinajstić information content (AvgIpc) is 2.44. The van der Waals surface area contributed by atoms with Gasteiger partial charge in [-0.05, 0) is 29.9 Å². The number of hydrogen-bond acceptors (Lipinski definition) is 3. The van der Waals surface area contributed by atoms with Crippen LogP contribution in [0.3, 0.4) is 0 Å². The van der Waals surface area contributed by atoms with Crippen molar-refractivity contribution in [1.82, 2.24) is 4.98 Å². The van der Waals surface area contributed by atoms with Crippen molar-refractivity contribution in [2.24, 2.45) is 0 Å². The van der Waals surface area contributed by atoms with E-state index in [-0.39, 0.29) is 0 Å². The van der Waals surface area contributed by atoms with Crippen molar-refractivity contribution in [1.29, 1.82) is 0 Å². The maximum Gasteiger partial charge on any atom is 0.192 e. The molecule has 0 aliphatic rings. The third-order valence-electron chi connectivity index (χ3n) is 1.96. The molecule has 0 aliphatic heterocycles. The minimum Gasteiger partial charge on any atom is -0.441 e. The number of benzene rings is 1. The van der Waals surface area contributed by atoms with Gasteiger partial charge < -0.3 is 4.42 Å². The minimum atomic E-state index is 0.720. The zero-order valence-electron chi connectivity index (χ0n) is 7.45. The van der Waals surface area contributed by atoms with E-state index in [9.17, 15) is 0 Å². The Morgan fingerprint density at radius 1 is 1.46 bits per heavy atom. The average molecular weight is 193 g/mol. The van der Waals surface area contributed by atoms with E-state index < -0.39 is 0 Å². The highest BCUT2D eigenvalue weighted by Crippen LogP contribution is 2.17. The number of fused-ring (bicyclic) bond motifs is 1. The van der Waals surface area contributed by atoms with Crippen molar-refractivity contribution < 1.29 is 4.42 Å². The van der Waals surface area contributed by atoms with Gasteiger partial charge in [-0.2, -0.15) is 12.6 Å². The monoisotopic (exact) mass is 193 g/mol. The summed E-state index contributed by atoms with van der Waals surface area (Å²) in [6.07, 6.45) is 0.971. The van der Waals surface area contributed by atoms with Gasteiger partial charge in [0.1, 0.15) is 5.52 Å². The molecule has 0 N–H and O–H groups in total. The first kappa shape index (κ1) is 8.63. The first-order valence-corrected chi connectivity index (χ1v) is 4.90. The number of oxazole rings is 1. The molecule has 0 fully saturated rings. The van der Waals surface area contributed by atoms with E-state index in [0.717, 1.165) is 29.2 Å². The fraction of sp³-hybridized carbons (Fsp3) is 0.300. The molecule has 1 aromatic heterocycles. The van der Waals surface area contributed by atoms with Crippen LogP contribution in [0.15, 0.2) is 22.6 Å². The summed E-state index contributed by atoms with van der Waals surface area (Å²) in [7, 11) is 0. The summed E-state index contributed by atoms with van der Waals surface area (Å²) in [5.74, 6) is 1.58. The summed E-state index contributed by atoms with van der Waals surface area (Å²) in [6, 6.07) is 6.09. The lowest BCUT2D eigenvalue weighted by Gasteiger charge is -1.95. The molecule has 2 rings (SSSR count). The topological polar surface area (TPSA) is 26.0 Å². The molecule has 1 heterocycles. The number of nitrogens with zero attached hydrogens (tertiary/aromatic N) is 1. The van der Waals surface area contributed by atoms with Crippen LogP contribution < -0.4 is 0 Å². The molecule has 3 heteroatoms. The zero-order valence-corrected chi connectivity index (χ0v) is 8.34. The van der Waals surface area contributed by atoms with Gasteiger partial charge in [0.25, 0.3) is 0 Å². The van der Waals surface area contributed by atoms with Crippen molar-refractivity contribution >= 4 is 23.7 Å². The summed E-state index contributed by atoms with van der Waals surface area (Å²) in [4.78, 5) is 4.23. The van der Waals surface area contributed by atoms with Gasteiger partial charge in [0.05, 0.1) is 0 Å². The Labute approximate surface area is 82.4 Å². The Kier molecular flexibility index (Phi) is 2.27. The van der Waals surface area contributed by atoms with E-state index in [1.807, 2.05) is 19.1 Å². The normalized spacial score (nSPS) is 10.9. The predicted octanol–water partition coefficient (Wildman–Crippen LogP) is 2.61. The summed E-state index contributed by atoms with van der Waals surface area (Å²) in [5, 5.41) is 0. The van der Waals surface area contributed by atoms with E-state index in [1.54, 1.807) is 0 Å². The highest BCUT2D eigenvalue weighted by atomic mass is 32.1. The molecular weight excluding hydrogens is 182 g/mol. The second-order valence-electron chi connectivity index (χ2n) is 3.01. The number of rotatable bonds is 2. The lowest BCUT2D eigenvalue weighted by Crippen LogP contribution is -1.84. The van der Waals surface area contributed by atoms with Crippen molar-refractivity contribution in [3.63, 3.8) is 0 Å². The summed E-state index contributed by atoms with van der Waals surface area (Å²) in [6.45, 7) is 1.86. The van der Waals surface area contributed by atoms with Crippen LogP contribution in [0.1, 0.15) is 11.5 Å². The number of hydrogen-bond donors (Lipinski definition) is 1. The SMILES string of the molecule is Cc1nc2ccc(CCS)cc2o1. The van der Waals surface area contributed by atoms with E-state index in [2.05, 4.69) is 23.7 Å². The lowest BCUT2D eigenvalue weighted by atomic mass is 10.1. The molecule has 0 bridgehead atoms. The van der Waals surface area contributed by atoms with E-state index in [4.69, 9.17) is 4.42 Å². The van der Waals surface area contributed by atoms with Crippen LogP contribution in [0, 0.1) is 6.92 Å². The Bertz CT molecular complexity index is 422. The largest absolute Gasteiger partial charge is 0.441 e. The number of thiol groups is 1. The van der Waals surface area contributed by atoms with Crippen LogP contribution in [0.25, 0.3) is 11.1 Å². The maximum absolute atomic E-state index is 5.42. The predicted molar refractivity (Wildman–Crippen MR) is 56.3 cm³/mol. The minimum absolute atomic E-state index is 0.720. The molecule has 2 nitrogen and oxygen atoms in total. The zero-order chi connectivity index (χ0) is 9.26. The molecule has 0 amide bonds. The fourth-order valence-corrected chi connectivity index (χ4v) is 1.63. The van der Waals surface area contributed by atoms with Crippen LogP contribution in [0.5, 0.6) is 0 Å². The molecule has 0 atom stereocenters. The first-order chi connectivity index (χ1) is 6.29. The van der Waals surface area contributed by atoms with Crippen LogP contribution >= 0.6 is 12.6 Å². The molecule has 0 aliphatic carbocycles. The van der Waals surface area contributed by atoms with Gasteiger partial charge >= 0.3 is 0 Å². The van der Waals surface area contributed by atoms with Gasteiger partial charge in [-0.25, -0.2) is 4.98 Å². The molecule has 13 heavy (non-hydrogen) atoms. The Morgan fingerprint density at radius 2 is 2.31 bits per heavy atom. The van der Waals surface area contributed by atoms with Crippen molar-refractivity contribution in [3.05, 3.63) is 29.7 Å². The molecule has 0 unspecified atom stereocenters. The summed E-state index contributed by atoms with van der Waals surface area (Å²) in [5.41, 5.74) is 3.05. The number of aryl methyl sites for hydroxylation is 2. The van der Waals surface area contributed by atoms with Crippen LogP contribution in [0.2, 0.25) is 0 Å². The molecule has 68 valence electrons. The third kappa shape index (κ3) is 1.70. The highest BCUT2D eigenvalue weighted by Gasteiger charge is 2.01. The van der Waals surface area contributed by atoms with Crippen LogP contribution in [-0.4, -0.2) is 10.7 Å². The Hall–Kier alpha value is -0.960. The Morgan fingerprint density at radius 3 is 3.08 bits per heavy atom. The van der Waals surface area contributed by atoms with Crippen LogP contribution in [-0.2, 0) is 6.42 Å². The summed E-state index contributed by atoms with van der Waals surface area (Å²) >= 11 is 4.19. The number of aromatic nitrogens is 1. The van der Waals surface area contributed by atoms with Gasteiger partial charge in [-0.3, -0.25) is 0 Å². The second kappa shape index (κ2) is 3.42. The van der Waals surface area contributed by atoms with E-state index >= 15 is 0 Å². The van der Waals surface area contributed by atoms with E-state index in [0.29, 0.717) is 0 Å². The molecule has 0 saturated heterocycles. The molecule has 2 aromatic rings. The molecule has 0 spiro atoms. The van der Waals surface area contributed by atoms with Gasteiger partial charge in [-0.1, -0.05) is 6.07 Å². The summed E-state index contributed by atoms with van der Waals surface area (Å²) < 4.78 is 5.42. The van der Waals surface area contributed by atoms with E-state index in [1.165, 1.54) is 5.56 Å². The third-order valence-corrected chi connectivity index (χ3v) is 2.18.